The number of aromatic nitrogens is 1. The Bertz CT molecular complexity index is 342. The Labute approximate surface area is 107 Å². The highest BCUT2D eigenvalue weighted by Gasteiger charge is 2.07. The van der Waals surface area contributed by atoms with Crippen LogP contribution in [0, 0.1) is 0 Å². The predicted octanol–water partition coefficient (Wildman–Crippen LogP) is 2.38. The van der Waals surface area contributed by atoms with E-state index in [1.807, 2.05) is 7.05 Å². The van der Waals surface area contributed by atoms with E-state index in [9.17, 15) is 0 Å². The second-order valence-electron chi connectivity index (χ2n) is 4.10. The van der Waals surface area contributed by atoms with Gasteiger partial charge in [-0.2, -0.15) is 0 Å². The second-order valence-corrected chi connectivity index (χ2v) is 4.90. The molecular weight excluding hydrogens is 245 g/mol. The molecule has 1 aromatic rings. The Morgan fingerprint density at radius 3 is 2.44 bits per heavy atom. The molecule has 0 spiro atoms. The molecule has 0 saturated carbocycles. The summed E-state index contributed by atoms with van der Waals surface area (Å²) in [6.07, 6.45) is 0. The van der Waals surface area contributed by atoms with Crippen LogP contribution < -0.4 is 0 Å². The second kappa shape index (κ2) is 6.40. The van der Waals surface area contributed by atoms with E-state index in [0.717, 1.165) is 18.8 Å². The molecule has 3 nitrogen and oxygen atoms in total. The van der Waals surface area contributed by atoms with Crippen LogP contribution in [-0.4, -0.2) is 49.0 Å². The minimum absolute atomic E-state index is 0.486. The van der Waals surface area contributed by atoms with Crippen LogP contribution in [0.2, 0.25) is 10.2 Å². The first-order valence-electron chi connectivity index (χ1n) is 5.13. The average Bonchev–Trinajstić information content (AvgIpc) is 2.20. The SMILES string of the molecule is CN(C)CCN(C)Cc1nc(Cl)ccc1Cl. The van der Waals surface area contributed by atoms with Crippen molar-refractivity contribution in [1.29, 1.82) is 0 Å². The monoisotopic (exact) mass is 261 g/mol. The largest absolute Gasteiger partial charge is 0.308 e. The number of pyridine rings is 1. The summed E-state index contributed by atoms with van der Waals surface area (Å²) >= 11 is 11.9. The van der Waals surface area contributed by atoms with Gasteiger partial charge in [-0.05, 0) is 33.3 Å². The lowest BCUT2D eigenvalue weighted by Crippen LogP contribution is -2.28. The molecule has 0 bridgehead atoms. The van der Waals surface area contributed by atoms with Crippen LogP contribution in [0.5, 0.6) is 0 Å². The Hall–Kier alpha value is -0.350. The lowest BCUT2D eigenvalue weighted by molar-refractivity contribution is 0.274. The molecule has 1 rings (SSSR count). The van der Waals surface area contributed by atoms with Gasteiger partial charge in [-0.25, -0.2) is 4.98 Å². The summed E-state index contributed by atoms with van der Waals surface area (Å²) in [7, 11) is 6.15. The van der Waals surface area contributed by atoms with Crippen LogP contribution >= 0.6 is 23.2 Å². The van der Waals surface area contributed by atoms with E-state index >= 15 is 0 Å². The summed E-state index contributed by atoms with van der Waals surface area (Å²) in [5.41, 5.74) is 0.829. The van der Waals surface area contributed by atoms with Crippen LogP contribution in [0.4, 0.5) is 0 Å². The third-order valence-electron chi connectivity index (χ3n) is 2.23. The van der Waals surface area contributed by atoms with E-state index in [0.29, 0.717) is 16.7 Å². The fourth-order valence-corrected chi connectivity index (χ4v) is 1.60. The zero-order chi connectivity index (χ0) is 12.1. The summed E-state index contributed by atoms with van der Waals surface area (Å²) in [5.74, 6) is 0. The van der Waals surface area contributed by atoms with Gasteiger partial charge >= 0.3 is 0 Å². The minimum atomic E-state index is 0.486. The molecule has 0 aliphatic rings. The maximum atomic E-state index is 6.04. The van der Waals surface area contributed by atoms with E-state index < -0.39 is 0 Å². The van der Waals surface area contributed by atoms with Crippen LogP contribution in [0.3, 0.4) is 0 Å². The van der Waals surface area contributed by atoms with Gasteiger partial charge in [0.15, 0.2) is 0 Å². The topological polar surface area (TPSA) is 19.4 Å². The molecular formula is C11H17Cl2N3. The highest BCUT2D eigenvalue weighted by molar-refractivity contribution is 6.32. The zero-order valence-electron chi connectivity index (χ0n) is 9.87. The molecule has 0 saturated heterocycles. The van der Waals surface area contributed by atoms with Gasteiger partial charge in [0.05, 0.1) is 10.7 Å². The van der Waals surface area contributed by atoms with E-state index in [4.69, 9.17) is 23.2 Å². The standard InChI is InChI=1S/C11H17Cl2N3/c1-15(2)6-7-16(3)8-10-9(12)4-5-11(13)14-10/h4-5H,6-8H2,1-3H3. The molecule has 0 aromatic carbocycles. The lowest BCUT2D eigenvalue weighted by Gasteiger charge is -2.19. The van der Waals surface area contributed by atoms with Crippen molar-refractivity contribution in [3.05, 3.63) is 28.0 Å². The summed E-state index contributed by atoms with van der Waals surface area (Å²) in [6.45, 7) is 2.69. The molecule has 16 heavy (non-hydrogen) atoms. The summed E-state index contributed by atoms with van der Waals surface area (Å²) in [4.78, 5) is 8.53. The molecule has 0 fully saturated rings. The third kappa shape index (κ3) is 4.66. The van der Waals surface area contributed by atoms with Gasteiger partial charge in [0, 0.05) is 19.6 Å². The molecule has 0 N–H and O–H groups in total. The van der Waals surface area contributed by atoms with Gasteiger partial charge < -0.3 is 4.90 Å². The van der Waals surface area contributed by atoms with Crippen molar-refractivity contribution in [2.75, 3.05) is 34.2 Å². The van der Waals surface area contributed by atoms with Crippen molar-refractivity contribution in [1.82, 2.24) is 14.8 Å². The lowest BCUT2D eigenvalue weighted by atomic mass is 10.3. The van der Waals surface area contributed by atoms with E-state index in [2.05, 4.69) is 28.9 Å². The van der Waals surface area contributed by atoms with E-state index in [-0.39, 0.29) is 0 Å². The van der Waals surface area contributed by atoms with Crippen molar-refractivity contribution in [2.45, 2.75) is 6.54 Å². The molecule has 90 valence electrons. The fraction of sp³-hybridized carbons (Fsp3) is 0.545. The molecule has 0 atom stereocenters. The average molecular weight is 262 g/mol. The van der Waals surface area contributed by atoms with Gasteiger partial charge in [-0.1, -0.05) is 23.2 Å². The highest BCUT2D eigenvalue weighted by Crippen LogP contribution is 2.17. The quantitative estimate of drug-likeness (QED) is 0.759. The Morgan fingerprint density at radius 2 is 1.81 bits per heavy atom. The Kier molecular flexibility index (Phi) is 5.49. The van der Waals surface area contributed by atoms with Crippen molar-refractivity contribution >= 4 is 23.2 Å². The van der Waals surface area contributed by atoms with Crippen LogP contribution in [0.25, 0.3) is 0 Å². The first-order valence-corrected chi connectivity index (χ1v) is 5.89. The van der Waals surface area contributed by atoms with Gasteiger partial charge in [0.25, 0.3) is 0 Å². The molecule has 1 heterocycles. The number of hydrogen-bond acceptors (Lipinski definition) is 3. The fourth-order valence-electron chi connectivity index (χ4n) is 1.27. The minimum Gasteiger partial charge on any atom is -0.308 e. The normalized spacial score (nSPS) is 11.4. The van der Waals surface area contributed by atoms with Gasteiger partial charge in [0.2, 0.25) is 0 Å². The number of hydrogen-bond donors (Lipinski definition) is 0. The summed E-state index contributed by atoms with van der Waals surface area (Å²) in [5, 5.41) is 1.15. The summed E-state index contributed by atoms with van der Waals surface area (Å²) in [6, 6.07) is 3.49. The van der Waals surface area contributed by atoms with Crippen molar-refractivity contribution in [3.8, 4) is 0 Å². The molecule has 0 aliphatic heterocycles. The predicted molar refractivity (Wildman–Crippen MR) is 69.1 cm³/mol. The highest BCUT2D eigenvalue weighted by atomic mass is 35.5. The van der Waals surface area contributed by atoms with Crippen LogP contribution in [0.1, 0.15) is 5.69 Å². The van der Waals surface area contributed by atoms with E-state index in [1.54, 1.807) is 12.1 Å². The molecule has 0 unspecified atom stereocenters. The molecule has 0 aliphatic carbocycles. The van der Waals surface area contributed by atoms with Crippen molar-refractivity contribution in [2.24, 2.45) is 0 Å². The Balaban J connectivity index is 2.55. The first kappa shape index (κ1) is 13.7. The first-order chi connectivity index (χ1) is 7.49. The maximum Gasteiger partial charge on any atom is 0.129 e. The maximum absolute atomic E-state index is 6.04. The van der Waals surface area contributed by atoms with E-state index in [1.165, 1.54) is 0 Å². The molecule has 0 radical (unpaired) electrons. The van der Waals surface area contributed by atoms with Crippen LogP contribution in [0.15, 0.2) is 12.1 Å². The third-order valence-corrected chi connectivity index (χ3v) is 2.79. The van der Waals surface area contributed by atoms with Gasteiger partial charge in [-0.15, -0.1) is 0 Å². The summed E-state index contributed by atoms with van der Waals surface area (Å²) < 4.78 is 0. The number of rotatable bonds is 5. The zero-order valence-corrected chi connectivity index (χ0v) is 11.4. The number of likely N-dealkylation sites (N-methyl/N-ethyl adjacent to an activating group) is 2. The molecule has 0 amide bonds. The van der Waals surface area contributed by atoms with Crippen molar-refractivity contribution < 1.29 is 0 Å². The number of halogens is 2. The molecule has 5 heteroatoms. The van der Waals surface area contributed by atoms with Crippen LogP contribution in [-0.2, 0) is 6.54 Å². The van der Waals surface area contributed by atoms with Gasteiger partial charge in [0.1, 0.15) is 5.15 Å². The molecule has 1 aromatic heterocycles. The number of nitrogens with zero attached hydrogens (tertiary/aromatic N) is 3. The Morgan fingerprint density at radius 1 is 1.12 bits per heavy atom. The van der Waals surface area contributed by atoms with Gasteiger partial charge in [-0.3, -0.25) is 4.90 Å². The van der Waals surface area contributed by atoms with Crippen molar-refractivity contribution in [3.63, 3.8) is 0 Å². The smallest absolute Gasteiger partial charge is 0.129 e.